The van der Waals surface area contributed by atoms with Crippen LogP contribution >= 0.6 is 27.7 Å². The quantitative estimate of drug-likeness (QED) is 0.840. The minimum atomic E-state index is -0.570. The maximum atomic E-state index is 12.5. The topological polar surface area (TPSA) is 49.4 Å². The van der Waals surface area contributed by atoms with Crippen LogP contribution in [0.15, 0.2) is 53.0 Å². The van der Waals surface area contributed by atoms with Gasteiger partial charge in [-0.2, -0.15) is 0 Å². The summed E-state index contributed by atoms with van der Waals surface area (Å²) in [6.07, 6.45) is 0. The van der Waals surface area contributed by atoms with Crippen molar-refractivity contribution in [3.63, 3.8) is 0 Å². The van der Waals surface area contributed by atoms with Gasteiger partial charge in [-0.25, -0.2) is 0 Å². The standard InChI is InChI=1S/C17H15BrN2O2S/c1-11-3-2-4-14(9-11)19-15-16(21)20(17(22)23-15)10-12-5-7-13(18)8-6-12/h2-9,15,19H,10H2,1H3/t15-/m0/s1. The first-order valence-corrected chi connectivity index (χ1v) is 8.80. The highest BCUT2D eigenvalue weighted by Gasteiger charge is 2.39. The lowest BCUT2D eigenvalue weighted by Gasteiger charge is -2.15. The van der Waals surface area contributed by atoms with Crippen molar-refractivity contribution in [3.8, 4) is 0 Å². The Bertz CT molecular complexity index is 749. The number of nitrogens with zero attached hydrogens (tertiary/aromatic N) is 1. The SMILES string of the molecule is Cc1cccc(N[C@H]2SC(=O)N(Cc3ccc(Br)cc3)C2=O)c1. The summed E-state index contributed by atoms with van der Waals surface area (Å²) in [5, 5.41) is 2.34. The molecular weight excluding hydrogens is 376 g/mol. The van der Waals surface area contributed by atoms with E-state index in [2.05, 4.69) is 21.2 Å². The van der Waals surface area contributed by atoms with Crippen molar-refractivity contribution < 1.29 is 9.59 Å². The molecule has 1 atom stereocenters. The second-order valence-electron chi connectivity index (χ2n) is 5.33. The van der Waals surface area contributed by atoms with Gasteiger partial charge in [-0.1, -0.05) is 40.2 Å². The normalized spacial score (nSPS) is 17.7. The van der Waals surface area contributed by atoms with Gasteiger partial charge in [0.1, 0.15) is 0 Å². The van der Waals surface area contributed by atoms with Crippen LogP contribution in [0.5, 0.6) is 0 Å². The molecule has 2 aromatic rings. The Balaban J connectivity index is 1.71. The second-order valence-corrected chi connectivity index (χ2v) is 7.30. The molecule has 0 bridgehead atoms. The summed E-state index contributed by atoms with van der Waals surface area (Å²) >= 11 is 4.39. The minimum Gasteiger partial charge on any atom is -0.365 e. The number of aryl methyl sites for hydroxylation is 1. The summed E-state index contributed by atoms with van der Waals surface area (Å²) in [5.41, 5.74) is 2.87. The first-order valence-electron chi connectivity index (χ1n) is 7.12. The molecule has 2 aromatic carbocycles. The van der Waals surface area contributed by atoms with Gasteiger partial charge >= 0.3 is 0 Å². The number of imide groups is 1. The number of hydrogen-bond acceptors (Lipinski definition) is 4. The predicted molar refractivity (Wildman–Crippen MR) is 96.3 cm³/mol. The summed E-state index contributed by atoms with van der Waals surface area (Å²) in [6, 6.07) is 15.3. The molecule has 118 valence electrons. The van der Waals surface area contributed by atoms with E-state index >= 15 is 0 Å². The van der Waals surface area contributed by atoms with Gasteiger partial charge in [0.2, 0.25) is 0 Å². The van der Waals surface area contributed by atoms with Gasteiger partial charge in [-0.05, 0) is 54.1 Å². The van der Waals surface area contributed by atoms with Gasteiger partial charge in [0.05, 0.1) is 6.54 Å². The lowest BCUT2D eigenvalue weighted by atomic mass is 10.2. The van der Waals surface area contributed by atoms with Crippen LogP contribution in [-0.2, 0) is 11.3 Å². The zero-order valence-electron chi connectivity index (χ0n) is 12.5. The van der Waals surface area contributed by atoms with Gasteiger partial charge in [-0.3, -0.25) is 14.5 Å². The number of anilines is 1. The first kappa shape index (κ1) is 16.1. The first-order chi connectivity index (χ1) is 11.0. The molecular formula is C17H15BrN2O2S. The number of amides is 2. The molecule has 1 N–H and O–H groups in total. The molecule has 1 fully saturated rings. The van der Waals surface area contributed by atoms with E-state index < -0.39 is 5.37 Å². The summed E-state index contributed by atoms with van der Waals surface area (Å²) < 4.78 is 0.966. The van der Waals surface area contributed by atoms with Crippen molar-refractivity contribution in [1.82, 2.24) is 4.90 Å². The molecule has 0 spiro atoms. The molecule has 6 heteroatoms. The second kappa shape index (κ2) is 6.76. The van der Waals surface area contributed by atoms with Crippen molar-refractivity contribution in [3.05, 3.63) is 64.1 Å². The molecule has 1 aliphatic rings. The van der Waals surface area contributed by atoms with E-state index in [1.807, 2.05) is 55.5 Å². The number of benzene rings is 2. The number of nitrogens with one attached hydrogen (secondary N) is 1. The summed E-state index contributed by atoms with van der Waals surface area (Å²) in [5.74, 6) is -0.204. The molecule has 1 aliphatic heterocycles. The molecule has 0 saturated carbocycles. The van der Waals surface area contributed by atoms with Crippen LogP contribution in [-0.4, -0.2) is 21.4 Å². The Morgan fingerprint density at radius 1 is 1.17 bits per heavy atom. The van der Waals surface area contributed by atoms with Crippen LogP contribution in [0.2, 0.25) is 0 Å². The van der Waals surface area contributed by atoms with Crippen LogP contribution < -0.4 is 5.32 Å². The maximum absolute atomic E-state index is 12.5. The molecule has 0 unspecified atom stereocenters. The smallest absolute Gasteiger partial charge is 0.291 e. The average molecular weight is 391 g/mol. The molecule has 1 saturated heterocycles. The Labute approximate surface area is 147 Å². The van der Waals surface area contributed by atoms with Gasteiger partial charge < -0.3 is 5.32 Å². The maximum Gasteiger partial charge on any atom is 0.291 e. The minimum absolute atomic E-state index is 0.204. The fourth-order valence-corrected chi connectivity index (χ4v) is 3.51. The zero-order chi connectivity index (χ0) is 16.4. The Hall–Kier alpha value is -1.79. The highest BCUT2D eigenvalue weighted by atomic mass is 79.9. The molecule has 2 amide bonds. The Kier molecular flexibility index (Phi) is 4.73. The highest BCUT2D eigenvalue weighted by Crippen LogP contribution is 2.29. The molecule has 0 aliphatic carbocycles. The fourth-order valence-electron chi connectivity index (χ4n) is 2.34. The third-order valence-corrected chi connectivity index (χ3v) is 5.01. The molecule has 23 heavy (non-hydrogen) atoms. The molecule has 3 rings (SSSR count). The monoisotopic (exact) mass is 390 g/mol. The molecule has 0 radical (unpaired) electrons. The van der Waals surface area contributed by atoms with Crippen molar-refractivity contribution in [2.75, 3.05) is 5.32 Å². The summed E-state index contributed by atoms with van der Waals surface area (Å²) in [6.45, 7) is 2.28. The average Bonchev–Trinajstić information content (AvgIpc) is 2.77. The van der Waals surface area contributed by atoms with Gasteiger partial charge in [0.15, 0.2) is 5.37 Å². The zero-order valence-corrected chi connectivity index (χ0v) is 14.9. The van der Waals surface area contributed by atoms with E-state index in [1.54, 1.807) is 0 Å². The highest BCUT2D eigenvalue weighted by molar-refractivity contribution is 9.10. The largest absolute Gasteiger partial charge is 0.365 e. The van der Waals surface area contributed by atoms with E-state index in [-0.39, 0.29) is 11.1 Å². The van der Waals surface area contributed by atoms with Crippen LogP contribution in [0.25, 0.3) is 0 Å². The van der Waals surface area contributed by atoms with Gasteiger partial charge in [-0.15, -0.1) is 0 Å². The molecule has 1 heterocycles. The lowest BCUT2D eigenvalue weighted by Crippen LogP contribution is -2.33. The number of rotatable bonds is 4. The number of hydrogen-bond donors (Lipinski definition) is 1. The fraction of sp³-hybridized carbons (Fsp3) is 0.176. The van der Waals surface area contributed by atoms with Crippen molar-refractivity contribution >= 4 is 44.5 Å². The van der Waals surface area contributed by atoms with Crippen LogP contribution in [0.3, 0.4) is 0 Å². The lowest BCUT2D eigenvalue weighted by molar-refractivity contribution is -0.126. The van der Waals surface area contributed by atoms with Crippen molar-refractivity contribution in [2.45, 2.75) is 18.8 Å². The number of thioether (sulfide) groups is 1. The number of carbonyl (C=O) groups is 2. The van der Waals surface area contributed by atoms with Crippen LogP contribution in [0.4, 0.5) is 10.5 Å². The number of carbonyl (C=O) groups excluding carboxylic acids is 2. The van der Waals surface area contributed by atoms with E-state index in [1.165, 1.54) is 4.90 Å². The number of halogens is 1. The molecule has 0 aromatic heterocycles. The van der Waals surface area contributed by atoms with Crippen LogP contribution in [0.1, 0.15) is 11.1 Å². The Morgan fingerprint density at radius 3 is 2.61 bits per heavy atom. The van der Waals surface area contributed by atoms with E-state index in [0.717, 1.165) is 33.0 Å². The predicted octanol–water partition coefficient (Wildman–Crippen LogP) is 4.39. The van der Waals surface area contributed by atoms with Crippen LogP contribution in [0, 0.1) is 6.92 Å². The Morgan fingerprint density at radius 2 is 1.91 bits per heavy atom. The van der Waals surface area contributed by atoms with Crippen molar-refractivity contribution in [2.24, 2.45) is 0 Å². The van der Waals surface area contributed by atoms with Crippen molar-refractivity contribution in [1.29, 1.82) is 0 Å². The third kappa shape index (κ3) is 3.76. The van der Waals surface area contributed by atoms with Gasteiger partial charge in [0.25, 0.3) is 11.1 Å². The van der Waals surface area contributed by atoms with E-state index in [0.29, 0.717) is 6.54 Å². The summed E-state index contributed by atoms with van der Waals surface area (Å²) in [4.78, 5) is 25.9. The summed E-state index contributed by atoms with van der Waals surface area (Å²) in [7, 11) is 0. The van der Waals surface area contributed by atoms with Gasteiger partial charge in [0, 0.05) is 10.2 Å². The third-order valence-electron chi connectivity index (χ3n) is 3.50. The van der Waals surface area contributed by atoms with E-state index in [4.69, 9.17) is 0 Å². The van der Waals surface area contributed by atoms with E-state index in [9.17, 15) is 9.59 Å². The molecule has 4 nitrogen and oxygen atoms in total.